The average Bonchev–Trinajstić information content (AvgIpc) is 2.72. The first kappa shape index (κ1) is 11.2. The van der Waals surface area contributed by atoms with E-state index in [2.05, 4.69) is 48.3 Å². The van der Waals surface area contributed by atoms with Crippen LogP contribution in [-0.2, 0) is 0 Å². The Bertz CT molecular complexity index is 545. The van der Waals surface area contributed by atoms with Gasteiger partial charge in [-0.25, -0.2) is 0 Å². The van der Waals surface area contributed by atoms with Crippen LogP contribution in [0.3, 0.4) is 0 Å². The van der Waals surface area contributed by atoms with Crippen molar-refractivity contribution in [3.8, 4) is 0 Å². The standard InChI is InChI=1S/C14H13N.ClH/c1-2-13-14-11(9-15-13)8-7-10-5-3-4-6-12(10)14;/h3-9,13H,2H2,1H3;1H. The van der Waals surface area contributed by atoms with Gasteiger partial charge in [-0.05, 0) is 28.3 Å². The van der Waals surface area contributed by atoms with Gasteiger partial charge in [0.05, 0.1) is 6.04 Å². The first-order valence-electron chi connectivity index (χ1n) is 5.45. The maximum Gasteiger partial charge on any atom is 0.0758 e. The lowest BCUT2D eigenvalue weighted by atomic mass is 9.95. The largest absolute Gasteiger partial charge is 0.284 e. The Hall–Kier alpha value is -1.34. The molecule has 1 atom stereocenters. The van der Waals surface area contributed by atoms with Crippen LogP contribution >= 0.6 is 12.4 Å². The Morgan fingerprint density at radius 1 is 1.12 bits per heavy atom. The van der Waals surface area contributed by atoms with E-state index in [9.17, 15) is 0 Å². The molecule has 82 valence electrons. The lowest BCUT2D eigenvalue weighted by Crippen LogP contribution is -1.92. The van der Waals surface area contributed by atoms with Crippen molar-refractivity contribution in [2.75, 3.05) is 0 Å². The highest BCUT2D eigenvalue weighted by atomic mass is 35.5. The predicted molar refractivity (Wildman–Crippen MR) is 71.8 cm³/mol. The van der Waals surface area contributed by atoms with Crippen molar-refractivity contribution in [2.45, 2.75) is 19.4 Å². The van der Waals surface area contributed by atoms with Crippen molar-refractivity contribution in [1.29, 1.82) is 0 Å². The summed E-state index contributed by atoms with van der Waals surface area (Å²) in [7, 11) is 0. The third-order valence-corrected chi connectivity index (χ3v) is 3.12. The van der Waals surface area contributed by atoms with Crippen LogP contribution in [-0.4, -0.2) is 6.21 Å². The highest BCUT2D eigenvalue weighted by Gasteiger charge is 2.18. The van der Waals surface area contributed by atoms with E-state index in [-0.39, 0.29) is 12.4 Å². The molecule has 1 nitrogen and oxygen atoms in total. The van der Waals surface area contributed by atoms with Crippen LogP contribution in [0.4, 0.5) is 0 Å². The molecule has 0 aromatic heterocycles. The Labute approximate surface area is 102 Å². The molecular formula is C14H14ClN. The maximum atomic E-state index is 4.55. The fraction of sp³-hybridized carbons (Fsp3) is 0.214. The fourth-order valence-corrected chi connectivity index (χ4v) is 2.35. The van der Waals surface area contributed by atoms with E-state index in [1.54, 1.807) is 0 Å². The molecule has 1 aliphatic rings. The molecule has 16 heavy (non-hydrogen) atoms. The molecule has 2 heteroatoms. The molecule has 0 radical (unpaired) electrons. The topological polar surface area (TPSA) is 12.4 Å². The summed E-state index contributed by atoms with van der Waals surface area (Å²) < 4.78 is 0. The second-order valence-electron chi connectivity index (χ2n) is 3.99. The first-order chi connectivity index (χ1) is 7.40. The van der Waals surface area contributed by atoms with E-state index in [1.807, 2.05) is 6.21 Å². The number of nitrogens with zero attached hydrogens (tertiary/aromatic N) is 1. The molecule has 0 aliphatic carbocycles. The van der Waals surface area contributed by atoms with Crippen molar-refractivity contribution in [2.24, 2.45) is 4.99 Å². The summed E-state index contributed by atoms with van der Waals surface area (Å²) in [5.74, 6) is 0. The molecule has 0 amide bonds. The van der Waals surface area contributed by atoms with E-state index in [1.165, 1.54) is 21.9 Å². The van der Waals surface area contributed by atoms with Gasteiger partial charge in [0.1, 0.15) is 0 Å². The Kier molecular flexibility index (Phi) is 2.97. The monoisotopic (exact) mass is 231 g/mol. The summed E-state index contributed by atoms with van der Waals surface area (Å²) in [5.41, 5.74) is 2.70. The summed E-state index contributed by atoms with van der Waals surface area (Å²) in [6.07, 6.45) is 3.09. The molecule has 0 saturated heterocycles. The van der Waals surface area contributed by atoms with Crippen molar-refractivity contribution in [3.63, 3.8) is 0 Å². The quantitative estimate of drug-likeness (QED) is 0.699. The third-order valence-electron chi connectivity index (χ3n) is 3.12. The van der Waals surface area contributed by atoms with E-state index >= 15 is 0 Å². The van der Waals surface area contributed by atoms with Gasteiger partial charge in [-0.3, -0.25) is 4.99 Å². The minimum absolute atomic E-state index is 0. The second-order valence-corrected chi connectivity index (χ2v) is 3.99. The van der Waals surface area contributed by atoms with Crippen LogP contribution in [0.2, 0.25) is 0 Å². The number of fused-ring (bicyclic) bond motifs is 3. The summed E-state index contributed by atoms with van der Waals surface area (Å²) in [6, 6.07) is 13.3. The molecule has 0 saturated carbocycles. The Morgan fingerprint density at radius 2 is 1.94 bits per heavy atom. The van der Waals surface area contributed by atoms with Crippen LogP contribution in [0.1, 0.15) is 30.5 Å². The SMILES string of the molecule is CCC1N=Cc2ccc3ccccc3c21.Cl. The van der Waals surface area contributed by atoms with Gasteiger partial charge in [0.2, 0.25) is 0 Å². The van der Waals surface area contributed by atoms with Gasteiger partial charge in [0, 0.05) is 6.21 Å². The molecule has 0 bridgehead atoms. The van der Waals surface area contributed by atoms with E-state index in [0.717, 1.165) is 6.42 Å². The average molecular weight is 232 g/mol. The summed E-state index contributed by atoms with van der Waals surface area (Å²) in [6.45, 7) is 2.19. The van der Waals surface area contributed by atoms with Crippen LogP contribution in [0.25, 0.3) is 10.8 Å². The van der Waals surface area contributed by atoms with Crippen LogP contribution < -0.4 is 0 Å². The van der Waals surface area contributed by atoms with Gasteiger partial charge >= 0.3 is 0 Å². The van der Waals surface area contributed by atoms with Gasteiger partial charge in [0.25, 0.3) is 0 Å². The number of rotatable bonds is 1. The fourth-order valence-electron chi connectivity index (χ4n) is 2.35. The Morgan fingerprint density at radius 3 is 2.75 bits per heavy atom. The second kappa shape index (κ2) is 4.26. The van der Waals surface area contributed by atoms with Crippen molar-refractivity contribution < 1.29 is 0 Å². The van der Waals surface area contributed by atoms with Crippen LogP contribution in [0.5, 0.6) is 0 Å². The summed E-state index contributed by atoms with van der Waals surface area (Å²) >= 11 is 0. The zero-order valence-corrected chi connectivity index (χ0v) is 10.00. The first-order valence-corrected chi connectivity index (χ1v) is 5.45. The van der Waals surface area contributed by atoms with Crippen molar-refractivity contribution >= 4 is 29.4 Å². The van der Waals surface area contributed by atoms with Crippen LogP contribution in [0, 0.1) is 0 Å². The molecule has 2 aromatic rings. The van der Waals surface area contributed by atoms with E-state index < -0.39 is 0 Å². The van der Waals surface area contributed by atoms with Crippen molar-refractivity contribution in [3.05, 3.63) is 47.5 Å². The Balaban J connectivity index is 0.000000963. The highest BCUT2D eigenvalue weighted by molar-refractivity contribution is 5.97. The number of aliphatic imine (C=N–C) groups is 1. The molecule has 1 unspecified atom stereocenters. The van der Waals surface area contributed by atoms with Gasteiger partial charge < -0.3 is 0 Å². The molecule has 0 spiro atoms. The molecule has 0 fully saturated rings. The molecule has 0 N–H and O–H groups in total. The van der Waals surface area contributed by atoms with Gasteiger partial charge in [-0.15, -0.1) is 12.4 Å². The zero-order chi connectivity index (χ0) is 10.3. The molecule has 1 heterocycles. The van der Waals surface area contributed by atoms with Gasteiger partial charge in [-0.1, -0.05) is 43.3 Å². The normalized spacial score (nSPS) is 17.2. The molecule has 1 aliphatic heterocycles. The summed E-state index contributed by atoms with van der Waals surface area (Å²) in [4.78, 5) is 4.55. The number of halogens is 1. The smallest absolute Gasteiger partial charge is 0.0758 e. The summed E-state index contributed by atoms with van der Waals surface area (Å²) in [5, 5.41) is 2.68. The number of hydrogen-bond donors (Lipinski definition) is 0. The van der Waals surface area contributed by atoms with Gasteiger partial charge in [0.15, 0.2) is 0 Å². The lowest BCUT2D eigenvalue weighted by molar-refractivity contribution is 0.722. The van der Waals surface area contributed by atoms with E-state index in [0.29, 0.717) is 6.04 Å². The van der Waals surface area contributed by atoms with Gasteiger partial charge in [-0.2, -0.15) is 0 Å². The zero-order valence-electron chi connectivity index (χ0n) is 9.18. The predicted octanol–water partition coefficient (Wildman–Crippen LogP) is 4.15. The minimum atomic E-state index is 0. The molecular weight excluding hydrogens is 218 g/mol. The van der Waals surface area contributed by atoms with Crippen LogP contribution in [0.15, 0.2) is 41.4 Å². The lowest BCUT2D eigenvalue weighted by Gasteiger charge is -2.10. The highest BCUT2D eigenvalue weighted by Crippen LogP contribution is 2.34. The molecule has 2 aromatic carbocycles. The maximum absolute atomic E-state index is 4.55. The third kappa shape index (κ3) is 1.52. The number of benzene rings is 2. The number of hydrogen-bond acceptors (Lipinski definition) is 1. The van der Waals surface area contributed by atoms with Crippen molar-refractivity contribution in [1.82, 2.24) is 0 Å². The van der Waals surface area contributed by atoms with E-state index in [4.69, 9.17) is 0 Å². The molecule has 3 rings (SSSR count). The minimum Gasteiger partial charge on any atom is -0.284 e.